The summed E-state index contributed by atoms with van der Waals surface area (Å²) < 4.78 is 11.7. The molecule has 35 heavy (non-hydrogen) atoms. The molecule has 0 spiro atoms. The number of amides is 1. The number of carbonyl (C=O) groups excluding carboxylic acids is 1. The number of nitrogens with zero attached hydrogens (tertiary/aromatic N) is 5. The zero-order chi connectivity index (χ0) is 24.2. The first kappa shape index (κ1) is 23.8. The van der Waals surface area contributed by atoms with Crippen molar-refractivity contribution in [3.05, 3.63) is 58.9 Å². The van der Waals surface area contributed by atoms with E-state index >= 15 is 0 Å². The molecule has 3 heterocycles. The first-order chi connectivity index (χ1) is 17.1. The molecule has 0 N–H and O–H groups in total. The average molecular weight is 540 g/mol. The largest absolute Gasteiger partial charge is 0.497 e. The maximum Gasteiger partial charge on any atom is 0.241 e. The fourth-order valence-corrected chi connectivity index (χ4v) is 5.29. The second-order valence-electron chi connectivity index (χ2n) is 9.11. The van der Waals surface area contributed by atoms with Gasteiger partial charge in [0.25, 0.3) is 0 Å². The molecular weight excluding hydrogens is 510 g/mol. The van der Waals surface area contributed by atoms with E-state index in [0.717, 1.165) is 67.9 Å². The molecule has 0 bridgehead atoms. The van der Waals surface area contributed by atoms with Gasteiger partial charge in [0.15, 0.2) is 0 Å². The zero-order valence-corrected chi connectivity index (χ0v) is 21.5. The SMILES string of the molecule is COc1ccc(N2CCN(C(=O)C3CCCN(Cc4nc(-c5cccc(Br)c5)no4)C3)CC2)cc1. The molecule has 9 heteroatoms. The Morgan fingerprint density at radius 3 is 2.66 bits per heavy atom. The molecule has 0 radical (unpaired) electrons. The molecule has 1 atom stereocenters. The van der Waals surface area contributed by atoms with E-state index in [1.165, 1.54) is 5.69 Å². The van der Waals surface area contributed by atoms with Crippen LogP contribution in [0.15, 0.2) is 57.5 Å². The minimum atomic E-state index is 0.0174. The minimum Gasteiger partial charge on any atom is -0.497 e. The molecule has 184 valence electrons. The summed E-state index contributed by atoms with van der Waals surface area (Å²) in [4.78, 5) is 24.5. The van der Waals surface area contributed by atoms with Crippen LogP contribution in [0.3, 0.4) is 0 Å². The lowest BCUT2D eigenvalue weighted by molar-refractivity contribution is -0.137. The Labute approximate surface area is 214 Å². The molecule has 2 aromatic carbocycles. The molecule has 1 aromatic heterocycles. The van der Waals surface area contributed by atoms with Crippen molar-refractivity contribution < 1.29 is 14.1 Å². The second-order valence-corrected chi connectivity index (χ2v) is 10.0. The molecule has 0 saturated carbocycles. The topological polar surface area (TPSA) is 74.9 Å². The monoisotopic (exact) mass is 539 g/mol. The third kappa shape index (κ3) is 5.67. The summed E-state index contributed by atoms with van der Waals surface area (Å²) in [6.45, 7) is 5.41. The highest BCUT2D eigenvalue weighted by molar-refractivity contribution is 9.10. The Balaban J connectivity index is 1.14. The van der Waals surface area contributed by atoms with Crippen LogP contribution in [0.25, 0.3) is 11.4 Å². The third-order valence-electron chi connectivity index (χ3n) is 6.79. The molecule has 3 aromatic rings. The van der Waals surface area contributed by atoms with Gasteiger partial charge in [0.2, 0.25) is 17.6 Å². The second kappa shape index (κ2) is 10.8. The van der Waals surface area contributed by atoms with Crippen LogP contribution in [-0.2, 0) is 11.3 Å². The van der Waals surface area contributed by atoms with Crippen LogP contribution >= 0.6 is 15.9 Å². The van der Waals surface area contributed by atoms with E-state index in [-0.39, 0.29) is 11.8 Å². The Hall–Kier alpha value is -2.91. The summed E-state index contributed by atoms with van der Waals surface area (Å²) in [5, 5.41) is 4.14. The predicted molar refractivity (Wildman–Crippen MR) is 137 cm³/mol. The van der Waals surface area contributed by atoms with E-state index in [1.807, 2.05) is 41.3 Å². The highest BCUT2D eigenvalue weighted by Gasteiger charge is 2.31. The van der Waals surface area contributed by atoms with Crippen molar-refractivity contribution in [3.63, 3.8) is 0 Å². The van der Waals surface area contributed by atoms with Crippen LogP contribution in [0.4, 0.5) is 5.69 Å². The number of likely N-dealkylation sites (tertiary alicyclic amines) is 1. The van der Waals surface area contributed by atoms with Crippen molar-refractivity contribution in [2.75, 3.05) is 51.3 Å². The summed E-state index contributed by atoms with van der Waals surface area (Å²) in [6, 6.07) is 16.0. The van der Waals surface area contributed by atoms with Crippen molar-refractivity contribution in [1.82, 2.24) is 19.9 Å². The molecule has 2 aliphatic rings. The van der Waals surface area contributed by atoms with Crippen LogP contribution in [-0.4, -0.2) is 72.2 Å². The summed E-state index contributed by atoms with van der Waals surface area (Å²) >= 11 is 3.48. The Morgan fingerprint density at radius 2 is 1.91 bits per heavy atom. The van der Waals surface area contributed by atoms with E-state index in [4.69, 9.17) is 9.26 Å². The normalized spacial score (nSPS) is 19.1. The summed E-state index contributed by atoms with van der Waals surface area (Å²) in [7, 11) is 1.68. The minimum absolute atomic E-state index is 0.0174. The van der Waals surface area contributed by atoms with E-state index in [9.17, 15) is 4.79 Å². The molecule has 8 nitrogen and oxygen atoms in total. The van der Waals surface area contributed by atoms with Gasteiger partial charge in [-0.2, -0.15) is 4.98 Å². The van der Waals surface area contributed by atoms with Crippen molar-refractivity contribution >= 4 is 27.5 Å². The van der Waals surface area contributed by atoms with Crippen molar-refractivity contribution in [3.8, 4) is 17.1 Å². The van der Waals surface area contributed by atoms with E-state index in [1.54, 1.807) is 7.11 Å². The van der Waals surface area contributed by atoms with Gasteiger partial charge in [0.05, 0.1) is 19.6 Å². The van der Waals surface area contributed by atoms with Crippen molar-refractivity contribution in [2.24, 2.45) is 5.92 Å². The number of benzene rings is 2. The number of piperazine rings is 1. The number of methoxy groups -OCH3 is 1. The smallest absolute Gasteiger partial charge is 0.241 e. The van der Waals surface area contributed by atoms with Crippen LogP contribution < -0.4 is 9.64 Å². The van der Waals surface area contributed by atoms with Gasteiger partial charge >= 0.3 is 0 Å². The van der Waals surface area contributed by atoms with E-state index < -0.39 is 0 Å². The first-order valence-corrected chi connectivity index (χ1v) is 12.9. The molecule has 2 aliphatic heterocycles. The molecule has 5 rings (SSSR count). The summed E-state index contributed by atoms with van der Waals surface area (Å²) in [5.41, 5.74) is 2.08. The van der Waals surface area contributed by atoms with Crippen LogP contribution in [0.1, 0.15) is 18.7 Å². The van der Waals surface area contributed by atoms with E-state index in [0.29, 0.717) is 18.3 Å². The molecule has 1 unspecified atom stereocenters. The molecular formula is C26H30BrN5O3. The number of rotatable bonds is 6. The standard InChI is InChI=1S/C26H30BrN5O3/c1-34-23-9-7-22(8-10-23)31-12-14-32(15-13-31)26(33)20-5-3-11-30(17-20)18-24-28-25(29-35-24)19-4-2-6-21(27)16-19/h2,4,6-10,16,20H,3,5,11-15,17-18H2,1H3. The van der Waals surface area contributed by atoms with Gasteiger partial charge in [0, 0.05) is 48.4 Å². The number of halogens is 1. The Morgan fingerprint density at radius 1 is 1.11 bits per heavy atom. The lowest BCUT2D eigenvalue weighted by Crippen LogP contribution is -2.52. The van der Waals surface area contributed by atoms with Crippen LogP contribution in [0.5, 0.6) is 5.75 Å². The third-order valence-corrected chi connectivity index (χ3v) is 7.29. The van der Waals surface area contributed by atoms with Crippen molar-refractivity contribution in [2.45, 2.75) is 19.4 Å². The summed E-state index contributed by atoms with van der Waals surface area (Å²) in [6.07, 6.45) is 1.93. The fourth-order valence-electron chi connectivity index (χ4n) is 4.89. The maximum atomic E-state index is 13.3. The predicted octanol–water partition coefficient (Wildman–Crippen LogP) is 4.07. The zero-order valence-electron chi connectivity index (χ0n) is 19.9. The number of piperidine rings is 1. The lowest BCUT2D eigenvalue weighted by Gasteiger charge is -2.39. The number of ether oxygens (including phenoxy) is 1. The number of carbonyl (C=O) groups is 1. The van der Waals surface area contributed by atoms with Gasteiger partial charge in [-0.3, -0.25) is 9.69 Å². The Kier molecular flexibility index (Phi) is 7.34. The quantitative estimate of drug-likeness (QED) is 0.467. The van der Waals surface area contributed by atoms with Gasteiger partial charge in [-0.25, -0.2) is 0 Å². The summed E-state index contributed by atoms with van der Waals surface area (Å²) in [5.74, 6) is 2.31. The highest BCUT2D eigenvalue weighted by atomic mass is 79.9. The Bertz CT molecular complexity index is 1140. The van der Waals surface area contributed by atoms with Crippen molar-refractivity contribution in [1.29, 1.82) is 0 Å². The average Bonchev–Trinajstić information content (AvgIpc) is 3.37. The fraction of sp³-hybridized carbons (Fsp3) is 0.423. The first-order valence-electron chi connectivity index (χ1n) is 12.1. The molecule has 2 fully saturated rings. The van der Waals surface area contributed by atoms with Gasteiger partial charge in [0.1, 0.15) is 5.75 Å². The molecule has 1 amide bonds. The number of hydrogen-bond donors (Lipinski definition) is 0. The lowest BCUT2D eigenvalue weighted by atomic mass is 9.96. The van der Waals surface area contributed by atoms with Crippen LogP contribution in [0, 0.1) is 5.92 Å². The number of anilines is 1. The van der Waals surface area contributed by atoms with Gasteiger partial charge in [-0.05, 0) is 55.8 Å². The molecule has 0 aliphatic carbocycles. The van der Waals surface area contributed by atoms with Crippen LogP contribution in [0.2, 0.25) is 0 Å². The number of hydrogen-bond acceptors (Lipinski definition) is 7. The highest BCUT2D eigenvalue weighted by Crippen LogP contribution is 2.25. The molecule has 2 saturated heterocycles. The maximum absolute atomic E-state index is 13.3. The van der Waals surface area contributed by atoms with Gasteiger partial charge < -0.3 is 19.1 Å². The van der Waals surface area contributed by atoms with Gasteiger partial charge in [-0.15, -0.1) is 0 Å². The van der Waals surface area contributed by atoms with Gasteiger partial charge in [-0.1, -0.05) is 33.2 Å². The number of aromatic nitrogens is 2. The van der Waals surface area contributed by atoms with E-state index in [2.05, 4.69) is 48.0 Å².